The minimum Gasteiger partial charge on any atom is -0.429 e. The molecule has 0 spiro atoms. The van der Waals surface area contributed by atoms with Crippen LogP contribution in [0.2, 0.25) is 0 Å². The predicted octanol–water partition coefficient (Wildman–Crippen LogP) is 5.12. The van der Waals surface area contributed by atoms with E-state index in [0.717, 1.165) is 76.6 Å². The molecule has 1 aromatic rings. The minimum absolute atomic E-state index is 0.296. The molecule has 0 bridgehead atoms. The van der Waals surface area contributed by atoms with Gasteiger partial charge in [-0.15, -0.1) is 0 Å². The Balaban J connectivity index is 0.000000245. The highest BCUT2D eigenvalue weighted by molar-refractivity contribution is 6.03. The number of rotatable bonds is 9. The number of allylic oxidation sites excluding steroid dienone is 10. The number of morpholine rings is 2. The molecule has 10 heteroatoms. The molecular weight excluding hydrogens is 668 g/mol. The topological polar surface area (TPSA) is 83.6 Å². The Morgan fingerprint density at radius 3 is 1.45 bits per heavy atom. The molecule has 0 radical (unpaired) electrons. The van der Waals surface area contributed by atoms with Gasteiger partial charge in [-0.25, -0.2) is 9.15 Å². The van der Waals surface area contributed by atoms with E-state index in [4.69, 9.17) is 18.9 Å². The summed E-state index contributed by atoms with van der Waals surface area (Å²) in [5, 5.41) is 0. The lowest BCUT2D eigenvalue weighted by atomic mass is 9.82. The number of esters is 2. The van der Waals surface area contributed by atoms with Crippen LogP contribution in [0.5, 0.6) is 0 Å². The molecule has 2 saturated heterocycles. The van der Waals surface area contributed by atoms with Gasteiger partial charge in [0.1, 0.15) is 37.9 Å². The van der Waals surface area contributed by atoms with Crippen LogP contribution in [0, 0.1) is 0 Å². The number of ether oxygens (including phenoxy) is 4. The van der Waals surface area contributed by atoms with Crippen LogP contribution < -0.4 is 0 Å². The second kappa shape index (κ2) is 19.2. The molecule has 1 atom stereocenters. The van der Waals surface area contributed by atoms with Crippen LogP contribution in [0.25, 0.3) is 0 Å². The smallest absolute Gasteiger partial charge is 0.307 e. The van der Waals surface area contributed by atoms with E-state index in [1.54, 1.807) is 0 Å². The molecule has 0 aromatic heterocycles. The Kier molecular flexibility index (Phi) is 15.1. The highest BCUT2D eigenvalue weighted by Crippen LogP contribution is 2.35. The molecular formula is C43H60N4O6+2. The number of carbonyl (C=O) groups excluding carboxylic acids is 2. The molecule has 0 amide bonds. The van der Waals surface area contributed by atoms with E-state index in [2.05, 4.69) is 83.7 Å². The number of carbonyl (C=O) groups is 2. The first-order valence-corrected chi connectivity index (χ1v) is 18.6. The monoisotopic (exact) mass is 728 g/mol. The van der Waals surface area contributed by atoms with Crippen LogP contribution >= 0.6 is 0 Å². The van der Waals surface area contributed by atoms with Crippen LogP contribution in [0.15, 0.2) is 102 Å². The molecule has 1 unspecified atom stereocenters. The fourth-order valence-corrected chi connectivity index (χ4v) is 6.72. The Hall–Kier alpha value is -4.22. The molecule has 2 aliphatic heterocycles. The third-order valence-electron chi connectivity index (χ3n) is 10.4. The van der Waals surface area contributed by atoms with Crippen molar-refractivity contribution in [2.75, 3.05) is 80.8 Å². The first-order chi connectivity index (χ1) is 25.3. The quantitative estimate of drug-likeness (QED) is 0.197. The van der Waals surface area contributed by atoms with E-state index < -0.39 is 5.54 Å². The molecule has 53 heavy (non-hydrogen) atoms. The van der Waals surface area contributed by atoms with Gasteiger partial charge in [0, 0.05) is 49.3 Å². The van der Waals surface area contributed by atoms with Crippen molar-refractivity contribution in [1.29, 1.82) is 0 Å². The SMILES string of the molecule is CC(=O)OC(=C1C=CC(=[N+]2CCOCC2)C=C1)C(C)(C)N(C)C.CCC(Cc1ccccc1)(C(OC(C)=O)=C1C=CC(=[N+]2CCOCC2)C=C1)N(C)C. The van der Waals surface area contributed by atoms with Crippen molar-refractivity contribution in [3.63, 3.8) is 0 Å². The average molecular weight is 729 g/mol. The van der Waals surface area contributed by atoms with E-state index in [1.165, 1.54) is 30.8 Å². The molecule has 0 saturated carbocycles. The molecule has 2 fully saturated rings. The number of likely N-dealkylation sites (N-methyl/N-ethyl adjacent to an activating group) is 2. The largest absolute Gasteiger partial charge is 0.429 e. The van der Waals surface area contributed by atoms with Crippen LogP contribution in [0.1, 0.15) is 46.6 Å². The molecule has 286 valence electrons. The summed E-state index contributed by atoms with van der Waals surface area (Å²) in [5.41, 5.74) is 4.59. The first kappa shape index (κ1) is 41.5. The Bertz CT molecular complexity index is 1670. The van der Waals surface area contributed by atoms with Crippen LogP contribution in [-0.4, -0.2) is 134 Å². The highest BCUT2D eigenvalue weighted by atomic mass is 16.5. The van der Waals surface area contributed by atoms with Gasteiger partial charge < -0.3 is 18.9 Å². The van der Waals surface area contributed by atoms with Gasteiger partial charge in [-0.3, -0.25) is 19.4 Å². The Morgan fingerprint density at radius 2 is 1.08 bits per heavy atom. The minimum atomic E-state index is -0.437. The fourth-order valence-electron chi connectivity index (χ4n) is 6.72. The summed E-state index contributed by atoms with van der Waals surface area (Å²) in [5.74, 6) is 0.783. The number of nitrogens with zero attached hydrogens (tertiary/aromatic N) is 4. The van der Waals surface area contributed by atoms with Gasteiger partial charge in [0.2, 0.25) is 0 Å². The zero-order valence-electron chi connectivity index (χ0n) is 33.3. The maximum atomic E-state index is 12.1. The molecule has 10 nitrogen and oxygen atoms in total. The van der Waals surface area contributed by atoms with E-state index in [9.17, 15) is 9.59 Å². The number of hydrogen-bond acceptors (Lipinski definition) is 8. The van der Waals surface area contributed by atoms with Gasteiger partial charge in [0.15, 0.2) is 37.6 Å². The van der Waals surface area contributed by atoms with Crippen molar-refractivity contribution in [3.05, 3.63) is 107 Å². The van der Waals surface area contributed by atoms with Crippen molar-refractivity contribution in [1.82, 2.24) is 9.80 Å². The lowest BCUT2D eigenvalue weighted by Gasteiger charge is -2.41. The van der Waals surface area contributed by atoms with Crippen LogP contribution in [0.3, 0.4) is 0 Å². The van der Waals surface area contributed by atoms with Crippen molar-refractivity contribution in [2.45, 2.75) is 58.5 Å². The molecule has 2 heterocycles. The van der Waals surface area contributed by atoms with Crippen molar-refractivity contribution >= 4 is 23.4 Å². The maximum absolute atomic E-state index is 12.1. The Labute approximate surface area is 316 Å². The zero-order chi connectivity index (χ0) is 38.6. The van der Waals surface area contributed by atoms with E-state index in [1.807, 2.05) is 63.2 Å². The zero-order valence-corrected chi connectivity index (χ0v) is 33.3. The first-order valence-electron chi connectivity index (χ1n) is 18.6. The standard InChI is InChI=1S/C25H33N2O3.C18H27N2O3/c1-5-25(26(3)4,19-21-9-7-6-8-10-21)24(30-20(2)28)22-11-13-23(14-12-22)27-15-17-29-18-16-27;1-14(21)23-17(18(2,3)19(4)5)15-6-8-16(9-7-15)20-10-12-22-13-11-20/h6-14H,5,15-19H2,1-4H3;6-9H,10-13H2,1-5H3/q2*+1. The molecule has 5 rings (SSSR count). The summed E-state index contributed by atoms with van der Waals surface area (Å²) >= 11 is 0. The van der Waals surface area contributed by atoms with Gasteiger partial charge in [0.25, 0.3) is 0 Å². The van der Waals surface area contributed by atoms with Gasteiger partial charge in [0.05, 0.1) is 11.1 Å². The van der Waals surface area contributed by atoms with Gasteiger partial charge in [-0.1, -0.05) is 37.3 Å². The summed E-state index contributed by atoms with van der Waals surface area (Å²) in [4.78, 5) is 27.8. The van der Waals surface area contributed by atoms with Crippen molar-refractivity contribution in [2.24, 2.45) is 0 Å². The maximum Gasteiger partial charge on any atom is 0.307 e. The summed E-state index contributed by atoms with van der Waals surface area (Å²) in [6.45, 7) is 15.8. The van der Waals surface area contributed by atoms with Gasteiger partial charge in [-0.2, -0.15) is 0 Å². The van der Waals surface area contributed by atoms with Crippen LogP contribution in [0.4, 0.5) is 0 Å². The van der Waals surface area contributed by atoms with Crippen molar-refractivity contribution < 1.29 is 37.7 Å². The molecule has 4 aliphatic rings. The second-order valence-electron chi connectivity index (χ2n) is 14.5. The number of benzene rings is 1. The summed E-state index contributed by atoms with van der Waals surface area (Å²) < 4.78 is 26.9. The van der Waals surface area contributed by atoms with Gasteiger partial charge >= 0.3 is 11.9 Å². The van der Waals surface area contributed by atoms with E-state index in [0.29, 0.717) is 11.5 Å². The van der Waals surface area contributed by atoms with Gasteiger partial charge in [-0.05, 0) is 84.7 Å². The third kappa shape index (κ3) is 10.9. The Morgan fingerprint density at radius 1 is 0.660 bits per heavy atom. The van der Waals surface area contributed by atoms with E-state index in [-0.39, 0.29) is 17.5 Å². The molecule has 2 aliphatic carbocycles. The summed E-state index contributed by atoms with van der Waals surface area (Å²) in [6.07, 6.45) is 18.1. The third-order valence-corrected chi connectivity index (χ3v) is 10.4. The molecule has 0 N–H and O–H groups in total. The van der Waals surface area contributed by atoms with E-state index >= 15 is 0 Å². The summed E-state index contributed by atoms with van der Waals surface area (Å²) in [7, 11) is 8.06. The number of hydrogen-bond donors (Lipinski definition) is 0. The average Bonchev–Trinajstić information content (AvgIpc) is 3.16. The van der Waals surface area contributed by atoms with Crippen molar-refractivity contribution in [3.8, 4) is 0 Å². The van der Waals surface area contributed by atoms with Crippen LogP contribution in [-0.2, 0) is 35.0 Å². The normalized spacial score (nSPS) is 18.5. The highest BCUT2D eigenvalue weighted by Gasteiger charge is 2.40. The predicted molar refractivity (Wildman–Crippen MR) is 210 cm³/mol. The lowest BCUT2D eigenvalue weighted by molar-refractivity contribution is -0.548. The lowest BCUT2D eigenvalue weighted by Crippen LogP contribution is -2.49. The second-order valence-corrected chi connectivity index (χ2v) is 14.5. The summed E-state index contributed by atoms with van der Waals surface area (Å²) in [6, 6.07) is 10.4. The molecule has 1 aromatic carbocycles. The fraction of sp³-hybridized carbons (Fsp3) is 0.488.